The molecule has 40 heavy (non-hydrogen) atoms. The quantitative estimate of drug-likeness (QED) is 0.112. The molecule has 0 aromatic rings. The van der Waals surface area contributed by atoms with Crippen LogP contribution in [0.2, 0.25) is 0 Å². The van der Waals surface area contributed by atoms with E-state index in [1.54, 1.807) is 0 Å². The molecular weight excluding hydrogens is 554 g/mol. The zero-order valence-electron chi connectivity index (χ0n) is 20.9. The summed E-state index contributed by atoms with van der Waals surface area (Å²) in [5, 5.41) is 121. The first kappa shape index (κ1) is 33.3. The maximum absolute atomic E-state index is 12.4. The summed E-state index contributed by atoms with van der Waals surface area (Å²) in [6.07, 6.45) is -27.0. The van der Waals surface area contributed by atoms with Crippen LogP contribution in [0.4, 0.5) is 0 Å². The molecule has 14 N–H and O–H groups in total. The van der Waals surface area contributed by atoms with Gasteiger partial charge in [-0.25, -0.2) is 4.79 Å². The van der Waals surface area contributed by atoms with Gasteiger partial charge >= 0.3 is 5.97 Å². The zero-order chi connectivity index (χ0) is 30.1. The van der Waals surface area contributed by atoms with Crippen molar-refractivity contribution in [3.8, 4) is 0 Å². The molecule has 3 heterocycles. The monoisotopic (exact) mass is 591 g/mol. The fraction of sp³-hybridized carbons (Fsp3) is 0.952. The third kappa shape index (κ3) is 6.40. The summed E-state index contributed by atoms with van der Waals surface area (Å²) in [7, 11) is 0. The number of carboxylic acids is 1. The van der Waals surface area contributed by atoms with Gasteiger partial charge in [-0.05, 0) is 0 Å². The van der Waals surface area contributed by atoms with Crippen LogP contribution in [0.3, 0.4) is 0 Å². The Morgan fingerprint density at radius 3 is 2.08 bits per heavy atom. The second kappa shape index (κ2) is 13.4. The Morgan fingerprint density at radius 2 is 1.52 bits per heavy atom. The van der Waals surface area contributed by atoms with E-state index in [2.05, 4.69) is 0 Å². The summed E-state index contributed by atoms with van der Waals surface area (Å²) in [4.78, 5) is 12.4. The Balaban J connectivity index is 1.90. The van der Waals surface area contributed by atoms with E-state index in [1.165, 1.54) is 0 Å². The summed E-state index contributed by atoms with van der Waals surface area (Å²) in [6, 6.07) is -1.48. The van der Waals surface area contributed by atoms with Crippen LogP contribution in [0.5, 0.6) is 0 Å². The van der Waals surface area contributed by atoms with Crippen LogP contribution in [0, 0.1) is 0 Å². The number of aliphatic hydroxyl groups is 11. The molecule has 0 unspecified atom stereocenters. The summed E-state index contributed by atoms with van der Waals surface area (Å²) >= 11 is 0. The van der Waals surface area contributed by atoms with Crippen LogP contribution in [0.15, 0.2) is 0 Å². The molecular formula is C21H37NO18. The first-order chi connectivity index (χ1) is 18.7. The molecule has 16 atom stereocenters. The highest BCUT2D eigenvalue weighted by atomic mass is 16.8. The first-order valence-electron chi connectivity index (χ1n) is 12.3. The molecule has 0 aliphatic carbocycles. The van der Waals surface area contributed by atoms with Gasteiger partial charge in [-0.15, -0.1) is 0 Å². The van der Waals surface area contributed by atoms with Crippen molar-refractivity contribution in [1.29, 1.82) is 0 Å². The molecule has 3 aliphatic rings. The van der Waals surface area contributed by atoms with Crippen molar-refractivity contribution >= 4 is 5.97 Å². The van der Waals surface area contributed by atoms with Crippen molar-refractivity contribution < 1.29 is 89.8 Å². The molecule has 3 rings (SSSR count). The van der Waals surface area contributed by atoms with E-state index in [-0.39, 0.29) is 0 Å². The average Bonchev–Trinajstić information content (AvgIpc) is 2.93. The molecule has 0 amide bonds. The van der Waals surface area contributed by atoms with E-state index < -0.39 is 130 Å². The van der Waals surface area contributed by atoms with Crippen molar-refractivity contribution in [3.63, 3.8) is 0 Å². The Labute approximate surface area is 226 Å². The molecule has 0 aromatic carbocycles. The van der Waals surface area contributed by atoms with Crippen LogP contribution in [-0.2, 0) is 28.5 Å². The lowest BCUT2D eigenvalue weighted by atomic mass is 9.88. The van der Waals surface area contributed by atoms with Gasteiger partial charge in [0.05, 0.1) is 32.0 Å². The van der Waals surface area contributed by atoms with Gasteiger partial charge < -0.3 is 90.7 Å². The third-order valence-corrected chi connectivity index (χ3v) is 7.15. The minimum atomic E-state index is -2.94. The molecule has 0 saturated carbocycles. The highest BCUT2D eigenvalue weighted by Gasteiger charge is 2.59. The van der Waals surface area contributed by atoms with Crippen LogP contribution in [-0.4, -0.2) is 185 Å². The number of carboxylic acid groups (broad SMARTS) is 1. The van der Waals surface area contributed by atoms with Crippen LogP contribution >= 0.6 is 0 Å². The highest BCUT2D eigenvalue weighted by molar-refractivity contribution is 5.76. The summed E-state index contributed by atoms with van der Waals surface area (Å²) in [5.41, 5.74) is 5.81. The maximum atomic E-state index is 12.4. The number of hydrogen-bond acceptors (Lipinski definition) is 18. The Morgan fingerprint density at radius 1 is 0.900 bits per heavy atom. The summed E-state index contributed by atoms with van der Waals surface area (Å²) in [5.74, 6) is -4.86. The van der Waals surface area contributed by atoms with Gasteiger partial charge in [-0.2, -0.15) is 0 Å². The van der Waals surface area contributed by atoms with Gasteiger partial charge in [0.25, 0.3) is 5.79 Å². The summed E-state index contributed by atoms with van der Waals surface area (Å²) in [6.45, 7) is -2.78. The average molecular weight is 592 g/mol. The standard InChI is InChI=1S/C21H37NO18/c22-9-5(26)1-21(20(34)35,39-16(9)10(28)6(27)2-23)40-17-11(29)7(3-24)37-19(14(17)32)38-15-8(4-25)36-18(33)13(31)12(15)30/h5-19,23-33H,1-4,22H2,(H,34,35)/t5-,6+,7+,8+,9+,10+,11-,12+,13+,14+,15+,16+,17-,18+,19-,21+/m0/s1. The molecule has 3 aliphatic heterocycles. The SMILES string of the molecule is N[C@H]1[C@H]([C@H](O)[C@H](O)CO)O[C@](O[C@H]2[C@@H](O)[C@@H](CO)O[C@@H](O[C@H]3[C@H](O)[C@@H](O)[C@H](O)O[C@@H]3CO)[C@@H]2O)(C(=O)O)C[C@@H]1O. The molecule has 3 fully saturated rings. The van der Waals surface area contributed by atoms with E-state index in [4.69, 9.17) is 34.5 Å². The predicted octanol–water partition coefficient (Wildman–Crippen LogP) is -8.40. The number of aliphatic hydroxyl groups excluding tert-OH is 11. The molecule has 0 spiro atoms. The van der Waals surface area contributed by atoms with E-state index in [0.29, 0.717) is 0 Å². The van der Waals surface area contributed by atoms with Gasteiger partial charge in [0, 0.05) is 6.42 Å². The van der Waals surface area contributed by atoms with Crippen molar-refractivity contribution in [1.82, 2.24) is 0 Å². The normalized spacial score (nSPS) is 48.0. The van der Waals surface area contributed by atoms with Gasteiger partial charge in [0.15, 0.2) is 12.6 Å². The van der Waals surface area contributed by atoms with Gasteiger partial charge in [-0.3, -0.25) is 0 Å². The minimum Gasteiger partial charge on any atom is -0.477 e. The lowest BCUT2D eigenvalue weighted by Gasteiger charge is -2.50. The van der Waals surface area contributed by atoms with Crippen molar-refractivity contribution in [2.45, 2.75) is 104 Å². The minimum absolute atomic E-state index is 0.849. The molecule has 0 bridgehead atoms. The van der Waals surface area contributed by atoms with Crippen molar-refractivity contribution in [3.05, 3.63) is 0 Å². The zero-order valence-corrected chi connectivity index (χ0v) is 20.9. The smallest absolute Gasteiger partial charge is 0.364 e. The first-order valence-corrected chi connectivity index (χ1v) is 12.3. The Kier molecular flexibility index (Phi) is 11.2. The van der Waals surface area contributed by atoms with E-state index in [1.807, 2.05) is 0 Å². The van der Waals surface area contributed by atoms with Gasteiger partial charge in [0.1, 0.15) is 67.1 Å². The van der Waals surface area contributed by atoms with Crippen LogP contribution in [0.25, 0.3) is 0 Å². The second-order valence-electron chi connectivity index (χ2n) is 9.85. The Hall–Kier alpha value is -1.21. The van der Waals surface area contributed by atoms with E-state index in [0.717, 1.165) is 0 Å². The number of rotatable bonds is 10. The second-order valence-corrected chi connectivity index (χ2v) is 9.85. The van der Waals surface area contributed by atoms with E-state index in [9.17, 15) is 61.0 Å². The maximum Gasteiger partial charge on any atom is 0.364 e. The third-order valence-electron chi connectivity index (χ3n) is 7.15. The molecule has 19 heteroatoms. The Bertz CT molecular complexity index is 837. The molecule has 234 valence electrons. The molecule has 3 saturated heterocycles. The topological polar surface area (TPSA) is 332 Å². The molecule has 0 aromatic heterocycles. The van der Waals surface area contributed by atoms with E-state index >= 15 is 0 Å². The van der Waals surface area contributed by atoms with Gasteiger partial charge in [0.2, 0.25) is 0 Å². The summed E-state index contributed by atoms with van der Waals surface area (Å²) < 4.78 is 26.6. The van der Waals surface area contributed by atoms with Crippen molar-refractivity contribution in [2.24, 2.45) is 5.73 Å². The van der Waals surface area contributed by atoms with Crippen LogP contribution < -0.4 is 5.73 Å². The molecule has 19 nitrogen and oxygen atoms in total. The van der Waals surface area contributed by atoms with Crippen LogP contribution in [0.1, 0.15) is 6.42 Å². The lowest BCUT2D eigenvalue weighted by molar-refractivity contribution is -0.384. The fourth-order valence-electron chi connectivity index (χ4n) is 4.78. The highest BCUT2D eigenvalue weighted by Crippen LogP contribution is 2.37. The molecule has 0 radical (unpaired) electrons. The number of ether oxygens (including phenoxy) is 5. The predicted molar refractivity (Wildman–Crippen MR) is 120 cm³/mol. The fourth-order valence-corrected chi connectivity index (χ4v) is 4.78. The van der Waals surface area contributed by atoms with Gasteiger partial charge in [-0.1, -0.05) is 0 Å². The lowest BCUT2D eigenvalue weighted by Crippen LogP contribution is -2.70. The van der Waals surface area contributed by atoms with Crippen molar-refractivity contribution in [2.75, 3.05) is 19.8 Å². The number of nitrogens with two attached hydrogens (primary N) is 1. The largest absolute Gasteiger partial charge is 0.477 e. The number of aliphatic carboxylic acids is 1. The number of hydrogen-bond donors (Lipinski definition) is 13. The number of carbonyl (C=O) groups is 1.